The summed E-state index contributed by atoms with van der Waals surface area (Å²) in [5, 5.41) is 3.01. The molecule has 1 aromatic heterocycles. The van der Waals surface area contributed by atoms with Crippen molar-refractivity contribution < 1.29 is 4.79 Å². The van der Waals surface area contributed by atoms with E-state index in [1.54, 1.807) is 6.07 Å². The molecule has 1 atom stereocenters. The summed E-state index contributed by atoms with van der Waals surface area (Å²) in [6, 6.07) is 3.66. The van der Waals surface area contributed by atoms with E-state index in [0.717, 1.165) is 25.0 Å². The van der Waals surface area contributed by atoms with Crippen LogP contribution in [0, 0.1) is 5.92 Å². The summed E-state index contributed by atoms with van der Waals surface area (Å²) in [5.74, 6) is 6.41. The quantitative estimate of drug-likeness (QED) is 0.529. The molecule has 0 bridgehead atoms. The fourth-order valence-corrected chi connectivity index (χ4v) is 2.25. The molecule has 5 nitrogen and oxygen atoms in total. The van der Waals surface area contributed by atoms with Gasteiger partial charge in [-0.15, -0.1) is 0 Å². The SMILES string of the molecule is CCCc1cc(C(=O)NC(C)CC(C)C)cc(NN)n1. The number of aryl methyl sites for hydroxylation is 1. The van der Waals surface area contributed by atoms with E-state index < -0.39 is 0 Å². The maximum absolute atomic E-state index is 12.3. The van der Waals surface area contributed by atoms with Gasteiger partial charge >= 0.3 is 0 Å². The molecule has 1 unspecified atom stereocenters. The van der Waals surface area contributed by atoms with Gasteiger partial charge in [-0.05, 0) is 37.8 Å². The topological polar surface area (TPSA) is 80.0 Å². The summed E-state index contributed by atoms with van der Waals surface area (Å²) in [6.07, 6.45) is 2.77. The predicted octanol–water partition coefficient (Wildman–Crippen LogP) is 2.48. The number of aromatic nitrogens is 1. The van der Waals surface area contributed by atoms with Gasteiger partial charge in [-0.25, -0.2) is 10.8 Å². The minimum Gasteiger partial charge on any atom is -0.350 e. The maximum Gasteiger partial charge on any atom is 0.251 e. The van der Waals surface area contributed by atoms with E-state index in [9.17, 15) is 4.79 Å². The van der Waals surface area contributed by atoms with Crippen molar-refractivity contribution >= 4 is 11.7 Å². The first kappa shape index (κ1) is 16.4. The number of amides is 1. The lowest BCUT2D eigenvalue weighted by molar-refractivity contribution is 0.0936. The molecular formula is C15H26N4O. The van der Waals surface area contributed by atoms with Gasteiger partial charge in [0.2, 0.25) is 0 Å². The van der Waals surface area contributed by atoms with Crippen molar-refractivity contribution in [3.05, 3.63) is 23.4 Å². The van der Waals surface area contributed by atoms with Crippen LogP contribution in [-0.4, -0.2) is 16.9 Å². The first-order valence-electron chi connectivity index (χ1n) is 7.24. The Morgan fingerprint density at radius 3 is 2.60 bits per heavy atom. The van der Waals surface area contributed by atoms with Crippen LogP contribution in [0.5, 0.6) is 0 Å². The van der Waals surface area contributed by atoms with E-state index in [4.69, 9.17) is 5.84 Å². The lowest BCUT2D eigenvalue weighted by atomic mass is 10.0. The van der Waals surface area contributed by atoms with Gasteiger partial charge < -0.3 is 10.7 Å². The van der Waals surface area contributed by atoms with E-state index in [1.165, 1.54) is 0 Å². The lowest BCUT2D eigenvalue weighted by Gasteiger charge is -2.16. The zero-order valence-corrected chi connectivity index (χ0v) is 12.9. The zero-order valence-electron chi connectivity index (χ0n) is 12.9. The summed E-state index contributed by atoms with van der Waals surface area (Å²) in [7, 11) is 0. The van der Waals surface area contributed by atoms with Crippen LogP contribution in [0.15, 0.2) is 12.1 Å². The number of hydrogen-bond donors (Lipinski definition) is 3. The van der Waals surface area contributed by atoms with Crippen LogP contribution in [0.3, 0.4) is 0 Å². The molecule has 0 radical (unpaired) electrons. The molecule has 1 aromatic rings. The maximum atomic E-state index is 12.3. The monoisotopic (exact) mass is 278 g/mol. The van der Waals surface area contributed by atoms with Gasteiger partial charge in [-0.1, -0.05) is 27.2 Å². The normalized spacial score (nSPS) is 12.3. The van der Waals surface area contributed by atoms with Gasteiger partial charge in [0.15, 0.2) is 0 Å². The summed E-state index contributed by atoms with van der Waals surface area (Å²) >= 11 is 0. The Bertz CT molecular complexity index is 445. The van der Waals surface area contributed by atoms with Gasteiger partial charge in [0.1, 0.15) is 5.82 Å². The second-order valence-corrected chi connectivity index (χ2v) is 5.63. The van der Waals surface area contributed by atoms with Gasteiger partial charge in [-0.2, -0.15) is 0 Å². The molecule has 20 heavy (non-hydrogen) atoms. The molecule has 112 valence electrons. The van der Waals surface area contributed by atoms with Crippen LogP contribution in [0.4, 0.5) is 5.82 Å². The van der Waals surface area contributed by atoms with E-state index in [1.807, 2.05) is 13.0 Å². The number of carbonyl (C=O) groups is 1. The zero-order chi connectivity index (χ0) is 15.1. The van der Waals surface area contributed by atoms with Crippen LogP contribution in [-0.2, 0) is 6.42 Å². The standard InChI is InChI=1S/C15H26N4O/c1-5-6-13-8-12(9-14(18-13)19-16)15(20)17-11(4)7-10(2)3/h8-11H,5-7,16H2,1-4H3,(H,17,20)(H,18,19). The Morgan fingerprint density at radius 2 is 2.05 bits per heavy atom. The van der Waals surface area contributed by atoms with Crippen molar-refractivity contribution in [1.82, 2.24) is 10.3 Å². The molecule has 0 fully saturated rings. The molecule has 4 N–H and O–H groups in total. The molecule has 0 spiro atoms. The fourth-order valence-electron chi connectivity index (χ4n) is 2.25. The Kier molecular flexibility index (Phi) is 6.45. The third-order valence-electron chi connectivity index (χ3n) is 3.00. The van der Waals surface area contributed by atoms with E-state index >= 15 is 0 Å². The van der Waals surface area contributed by atoms with Crippen LogP contribution in [0.25, 0.3) is 0 Å². The molecule has 5 heteroatoms. The first-order valence-corrected chi connectivity index (χ1v) is 7.24. The number of nitrogens with one attached hydrogen (secondary N) is 2. The Labute approximate surface area is 121 Å². The van der Waals surface area contributed by atoms with Crippen molar-refractivity contribution in [2.45, 2.75) is 53.0 Å². The number of hydrogen-bond acceptors (Lipinski definition) is 4. The average molecular weight is 278 g/mol. The van der Waals surface area contributed by atoms with Crippen LogP contribution < -0.4 is 16.6 Å². The third kappa shape index (κ3) is 5.17. The van der Waals surface area contributed by atoms with Crippen molar-refractivity contribution in [2.75, 3.05) is 5.43 Å². The average Bonchev–Trinajstić information content (AvgIpc) is 2.37. The largest absolute Gasteiger partial charge is 0.350 e. The van der Waals surface area contributed by atoms with E-state index in [0.29, 0.717) is 17.3 Å². The third-order valence-corrected chi connectivity index (χ3v) is 3.00. The highest BCUT2D eigenvalue weighted by Gasteiger charge is 2.13. The van der Waals surface area contributed by atoms with E-state index in [-0.39, 0.29) is 11.9 Å². The second-order valence-electron chi connectivity index (χ2n) is 5.63. The molecule has 0 aliphatic carbocycles. The molecule has 0 saturated carbocycles. The Balaban J connectivity index is 2.83. The summed E-state index contributed by atoms with van der Waals surface area (Å²) in [6.45, 7) is 8.39. The van der Waals surface area contributed by atoms with Gasteiger partial charge in [-0.3, -0.25) is 4.79 Å². The number of nitrogen functional groups attached to an aromatic ring is 1. The van der Waals surface area contributed by atoms with Crippen molar-refractivity contribution in [2.24, 2.45) is 11.8 Å². The summed E-state index contributed by atoms with van der Waals surface area (Å²) in [4.78, 5) is 16.6. The summed E-state index contributed by atoms with van der Waals surface area (Å²) < 4.78 is 0. The van der Waals surface area contributed by atoms with Crippen LogP contribution in [0.2, 0.25) is 0 Å². The molecule has 1 heterocycles. The second kappa shape index (κ2) is 7.85. The van der Waals surface area contributed by atoms with Gasteiger partial charge in [0, 0.05) is 17.3 Å². The van der Waals surface area contributed by atoms with Gasteiger partial charge in [0.25, 0.3) is 5.91 Å². The number of nitrogens with zero attached hydrogens (tertiary/aromatic N) is 1. The smallest absolute Gasteiger partial charge is 0.251 e. The molecule has 0 saturated heterocycles. The summed E-state index contributed by atoms with van der Waals surface area (Å²) in [5.41, 5.74) is 4.00. The van der Waals surface area contributed by atoms with E-state index in [2.05, 4.69) is 36.5 Å². The highest BCUT2D eigenvalue weighted by molar-refractivity contribution is 5.95. The Hall–Kier alpha value is -1.62. The van der Waals surface area contributed by atoms with Crippen molar-refractivity contribution in [1.29, 1.82) is 0 Å². The number of anilines is 1. The lowest BCUT2D eigenvalue weighted by Crippen LogP contribution is -2.33. The molecule has 0 aliphatic rings. The molecule has 0 aromatic carbocycles. The van der Waals surface area contributed by atoms with Crippen molar-refractivity contribution in [3.8, 4) is 0 Å². The van der Waals surface area contributed by atoms with Crippen LogP contribution >= 0.6 is 0 Å². The van der Waals surface area contributed by atoms with Crippen LogP contribution in [0.1, 0.15) is 56.6 Å². The number of pyridine rings is 1. The minimum absolute atomic E-state index is 0.0746. The minimum atomic E-state index is -0.0746. The van der Waals surface area contributed by atoms with Gasteiger partial charge in [0.05, 0.1) is 0 Å². The first-order chi connectivity index (χ1) is 9.46. The highest BCUT2D eigenvalue weighted by Crippen LogP contribution is 2.12. The van der Waals surface area contributed by atoms with Crippen molar-refractivity contribution in [3.63, 3.8) is 0 Å². The number of carbonyl (C=O) groups excluding carboxylic acids is 1. The number of nitrogens with two attached hydrogens (primary N) is 1. The molecule has 0 aliphatic heterocycles. The molecule has 1 amide bonds. The molecule has 1 rings (SSSR count). The number of hydrazine groups is 1. The molecular weight excluding hydrogens is 252 g/mol. The highest BCUT2D eigenvalue weighted by atomic mass is 16.1. The number of rotatable bonds is 7. The fraction of sp³-hybridized carbons (Fsp3) is 0.600. The Morgan fingerprint density at radius 1 is 1.35 bits per heavy atom. The predicted molar refractivity (Wildman–Crippen MR) is 82.4 cm³/mol.